The molecule has 96 valence electrons. The van der Waals surface area contributed by atoms with Gasteiger partial charge in [-0.05, 0) is 46.2 Å². The zero-order valence-electron chi connectivity index (χ0n) is 11.2. The van der Waals surface area contributed by atoms with Gasteiger partial charge in [0, 0.05) is 31.8 Å². The number of nitrogens with one attached hydrogen (secondary N) is 1. The molecule has 16 heavy (non-hydrogen) atoms. The minimum absolute atomic E-state index is 0.722. The van der Waals surface area contributed by atoms with Crippen LogP contribution in [0.5, 0.6) is 0 Å². The normalized spacial score (nSPS) is 27.2. The van der Waals surface area contributed by atoms with Crippen LogP contribution in [-0.4, -0.2) is 49.8 Å². The van der Waals surface area contributed by atoms with Crippen molar-refractivity contribution in [3.63, 3.8) is 0 Å². The average molecular weight is 228 g/mol. The lowest BCUT2D eigenvalue weighted by molar-refractivity contribution is 0.101. The monoisotopic (exact) mass is 228 g/mol. The molecule has 0 aliphatic carbocycles. The number of likely N-dealkylation sites (tertiary alicyclic amines) is 1. The summed E-state index contributed by atoms with van der Waals surface area (Å²) in [5.74, 6) is 0. The molecule has 1 aliphatic heterocycles. The van der Waals surface area contributed by atoms with Gasteiger partial charge in [0.2, 0.25) is 0 Å². The van der Waals surface area contributed by atoms with Crippen LogP contribution in [0.2, 0.25) is 0 Å². The third kappa shape index (κ3) is 4.81. The zero-order valence-corrected chi connectivity index (χ0v) is 11.2. The maximum Gasteiger partial charge on any atom is 0.0478 e. The van der Waals surface area contributed by atoms with Crippen molar-refractivity contribution in [2.75, 3.05) is 32.8 Å². The van der Waals surface area contributed by atoms with Crippen LogP contribution >= 0.6 is 0 Å². The molecular weight excluding hydrogens is 200 g/mol. The van der Waals surface area contributed by atoms with Crippen molar-refractivity contribution in [2.45, 2.75) is 52.1 Å². The number of nitrogens with zero attached hydrogens (tertiary/aromatic N) is 1. The Morgan fingerprint density at radius 1 is 1.38 bits per heavy atom. The summed E-state index contributed by atoms with van der Waals surface area (Å²) in [5.41, 5.74) is 0. The lowest BCUT2D eigenvalue weighted by atomic mass is 9.98. The molecular formula is C13H28N2O. The van der Waals surface area contributed by atoms with E-state index in [0.29, 0.717) is 0 Å². The molecule has 1 saturated heterocycles. The Morgan fingerprint density at radius 3 is 2.81 bits per heavy atom. The Balaban J connectivity index is 2.15. The van der Waals surface area contributed by atoms with Crippen molar-refractivity contribution in [1.82, 2.24) is 10.2 Å². The van der Waals surface area contributed by atoms with Gasteiger partial charge in [0.15, 0.2) is 0 Å². The number of rotatable bonds is 7. The molecule has 0 saturated carbocycles. The largest absolute Gasteiger partial charge is 0.382 e. The Hall–Kier alpha value is -0.120. The molecule has 2 atom stereocenters. The molecule has 0 spiro atoms. The number of ether oxygens (including phenoxy) is 1. The summed E-state index contributed by atoms with van der Waals surface area (Å²) in [4.78, 5) is 2.60. The van der Waals surface area contributed by atoms with E-state index >= 15 is 0 Å². The quantitative estimate of drug-likeness (QED) is 0.673. The lowest BCUT2D eigenvalue weighted by Crippen LogP contribution is -2.47. The van der Waals surface area contributed by atoms with Gasteiger partial charge in [-0.15, -0.1) is 0 Å². The SMILES string of the molecule is CCNC1CCN(CCCOCC)C(C)C1. The molecule has 1 rings (SSSR count). The van der Waals surface area contributed by atoms with Crippen LogP contribution in [0.25, 0.3) is 0 Å². The van der Waals surface area contributed by atoms with Crippen molar-refractivity contribution < 1.29 is 4.74 Å². The van der Waals surface area contributed by atoms with E-state index in [4.69, 9.17) is 4.74 Å². The van der Waals surface area contributed by atoms with Gasteiger partial charge in [0.05, 0.1) is 0 Å². The van der Waals surface area contributed by atoms with Crippen LogP contribution in [0.15, 0.2) is 0 Å². The molecule has 1 heterocycles. The van der Waals surface area contributed by atoms with Crippen LogP contribution in [-0.2, 0) is 4.74 Å². The Morgan fingerprint density at radius 2 is 2.19 bits per heavy atom. The van der Waals surface area contributed by atoms with Gasteiger partial charge in [0.25, 0.3) is 0 Å². The van der Waals surface area contributed by atoms with Crippen LogP contribution in [0.4, 0.5) is 0 Å². The van der Waals surface area contributed by atoms with Crippen molar-refractivity contribution in [3.05, 3.63) is 0 Å². The van der Waals surface area contributed by atoms with E-state index in [0.717, 1.165) is 31.8 Å². The van der Waals surface area contributed by atoms with Gasteiger partial charge in [-0.3, -0.25) is 0 Å². The van der Waals surface area contributed by atoms with Gasteiger partial charge in [0.1, 0.15) is 0 Å². The predicted molar refractivity (Wildman–Crippen MR) is 68.8 cm³/mol. The molecule has 1 aliphatic rings. The molecule has 1 N–H and O–H groups in total. The molecule has 3 nitrogen and oxygen atoms in total. The molecule has 0 aromatic carbocycles. The smallest absolute Gasteiger partial charge is 0.0478 e. The highest BCUT2D eigenvalue weighted by Crippen LogP contribution is 2.17. The lowest BCUT2D eigenvalue weighted by Gasteiger charge is -2.38. The van der Waals surface area contributed by atoms with E-state index < -0.39 is 0 Å². The van der Waals surface area contributed by atoms with Gasteiger partial charge >= 0.3 is 0 Å². The van der Waals surface area contributed by atoms with E-state index in [9.17, 15) is 0 Å². The standard InChI is InChI=1S/C13H28N2O/c1-4-14-13-7-9-15(12(3)11-13)8-6-10-16-5-2/h12-14H,4-11H2,1-3H3. The molecule has 0 aromatic heterocycles. The van der Waals surface area contributed by atoms with Gasteiger partial charge in [-0.25, -0.2) is 0 Å². The molecule has 0 amide bonds. The molecule has 2 unspecified atom stereocenters. The third-order valence-corrected chi connectivity index (χ3v) is 3.44. The Bertz CT molecular complexity index is 173. The predicted octanol–water partition coefficient (Wildman–Crippen LogP) is 1.88. The second kappa shape index (κ2) is 8.04. The second-order valence-corrected chi connectivity index (χ2v) is 4.71. The third-order valence-electron chi connectivity index (χ3n) is 3.44. The summed E-state index contributed by atoms with van der Waals surface area (Å²) < 4.78 is 5.38. The van der Waals surface area contributed by atoms with Crippen molar-refractivity contribution in [2.24, 2.45) is 0 Å². The maximum atomic E-state index is 5.38. The minimum Gasteiger partial charge on any atom is -0.382 e. The summed E-state index contributed by atoms with van der Waals surface area (Å²) in [6.07, 6.45) is 3.76. The van der Waals surface area contributed by atoms with Gasteiger partial charge in [-0.2, -0.15) is 0 Å². The van der Waals surface area contributed by atoms with Crippen molar-refractivity contribution >= 4 is 0 Å². The fraction of sp³-hybridized carbons (Fsp3) is 1.00. The Kier molecular flexibility index (Phi) is 7.01. The van der Waals surface area contributed by atoms with Gasteiger partial charge < -0.3 is 15.0 Å². The van der Waals surface area contributed by atoms with Crippen LogP contribution in [0.1, 0.15) is 40.0 Å². The van der Waals surface area contributed by atoms with E-state index in [1.807, 2.05) is 0 Å². The minimum atomic E-state index is 0.722. The molecule has 0 bridgehead atoms. The average Bonchev–Trinajstić information content (AvgIpc) is 2.27. The highest BCUT2D eigenvalue weighted by molar-refractivity contribution is 4.82. The second-order valence-electron chi connectivity index (χ2n) is 4.71. The first-order valence-corrected chi connectivity index (χ1v) is 6.83. The van der Waals surface area contributed by atoms with Gasteiger partial charge in [-0.1, -0.05) is 6.92 Å². The number of piperidine rings is 1. The summed E-state index contributed by atoms with van der Waals surface area (Å²) in [6.45, 7) is 11.9. The van der Waals surface area contributed by atoms with Crippen LogP contribution in [0, 0.1) is 0 Å². The number of hydrogen-bond donors (Lipinski definition) is 1. The first-order valence-electron chi connectivity index (χ1n) is 6.83. The number of hydrogen-bond acceptors (Lipinski definition) is 3. The van der Waals surface area contributed by atoms with E-state index in [1.165, 1.54) is 32.4 Å². The highest BCUT2D eigenvalue weighted by atomic mass is 16.5. The highest BCUT2D eigenvalue weighted by Gasteiger charge is 2.23. The Labute approximate surface area is 101 Å². The first kappa shape index (κ1) is 13.9. The van der Waals surface area contributed by atoms with E-state index in [2.05, 4.69) is 31.0 Å². The zero-order chi connectivity index (χ0) is 11.8. The first-order chi connectivity index (χ1) is 7.77. The molecule has 0 aromatic rings. The van der Waals surface area contributed by atoms with E-state index in [1.54, 1.807) is 0 Å². The van der Waals surface area contributed by atoms with Crippen molar-refractivity contribution in [1.29, 1.82) is 0 Å². The van der Waals surface area contributed by atoms with Crippen molar-refractivity contribution in [3.8, 4) is 0 Å². The summed E-state index contributed by atoms with van der Waals surface area (Å²) >= 11 is 0. The summed E-state index contributed by atoms with van der Waals surface area (Å²) in [6, 6.07) is 1.46. The van der Waals surface area contributed by atoms with E-state index in [-0.39, 0.29) is 0 Å². The fourth-order valence-electron chi connectivity index (χ4n) is 2.54. The van der Waals surface area contributed by atoms with Crippen LogP contribution < -0.4 is 5.32 Å². The molecule has 0 radical (unpaired) electrons. The molecule has 1 fully saturated rings. The molecule has 3 heteroatoms. The maximum absolute atomic E-state index is 5.38. The summed E-state index contributed by atoms with van der Waals surface area (Å²) in [5, 5.41) is 3.56. The van der Waals surface area contributed by atoms with Crippen LogP contribution in [0.3, 0.4) is 0 Å². The summed E-state index contributed by atoms with van der Waals surface area (Å²) in [7, 11) is 0. The topological polar surface area (TPSA) is 24.5 Å². The fourth-order valence-corrected chi connectivity index (χ4v) is 2.54.